The van der Waals surface area contributed by atoms with Gasteiger partial charge in [0.25, 0.3) is 5.95 Å². The molecule has 0 aliphatic heterocycles. The highest BCUT2D eigenvalue weighted by Gasteiger charge is 2.07. The molecule has 0 atom stereocenters. The molecule has 0 amide bonds. The highest BCUT2D eigenvalue weighted by Crippen LogP contribution is 2.26. The van der Waals surface area contributed by atoms with Gasteiger partial charge < -0.3 is 15.9 Å². The molecule has 1 heterocycles. The molecule has 7 nitrogen and oxygen atoms in total. The minimum Gasteiger partial charge on any atom is -0.489 e. The van der Waals surface area contributed by atoms with Gasteiger partial charge in [0.05, 0.1) is 6.54 Å². The lowest BCUT2D eigenvalue weighted by molar-refractivity contribution is 0.306. The summed E-state index contributed by atoms with van der Waals surface area (Å²) in [6.45, 7) is 0.772. The number of rotatable bonds is 6. The third kappa shape index (κ3) is 3.87. The van der Waals surface area contributed by atoms with Crippen LogP contribution in [0.25, 0.3) is 0 Å². The van der Waals surface area contributed by atoms with Crippen LogP contribution < -0.4 is 15.9 Å². The Balaban J connectivity index is 1.64. The van der Waals surface area contributed by atoms with Crippen molar-refractivity contribution in [3.8, 4) is 5.75 Å². The maximum Gasteiger partial charge on any atom is 0.260 e. The number of hydrogen-bond donors (Lipinski definition) is 2. The lowest BCUT2D eigenvalue weighted by atomic mass is 10.2. The summed E-state index contributed by atoms with van der Waals surface area (Å²) in [6, 6.07) is 13.0. The van der Waals surface area contributed by atoms with Crippen LogP contribution in [0, 0.1) is 0 Å². The Morgan fingerprint density at radius 2 is 1.88 bits per heavy atom. The molecule has 0 saturated heterocycles. The molecule has 0 aliphatic carbocycles. The smallest absolute Gasteiger partial charge is 0.260 e. The summed E-state index contributed by atoms with van der Waals surface area (Å²) < 4.78 is 5.79. The average Bonchev–Trinajstić information content (AvgIpc) is 2.98. The molecule has 3 rings (SSSR count). The molecule has 0 radical (unpaired) electrons. The fourth-order valence-corrected chi connectivity index (χ4v) is 2.55. The van der Waals surface area contributed by atoms with Crippen molar-refractivity contribution < 1.29 is 4.74 Å². The van der Waals surface area contributed by atoms with Crippen LogP contribution in [0.2, 0.25) is 10.0 Å². The molecule has 0 saturated carbocycles. The van der Waals surface area contributed by atoms with Crippen LogP contribution in [0.3, 0.4) is 0 Å². The molecule has 3 N–H and O–H groups in total. The zero-order valence-corrected chi connectivity index (χ0v) is 14.0. The Bertz CT molecular complexity index is 818. The van der Waals surface area contributed by atoms with Crippen LogP contribution in [-0.2, 0) is 13.2 Å². The van der Waals surface area contributed by atoms with Crippen LogP contribution in [0.5, 0.6) is 5.75 Å². The highest BCUT2D eigenvalue weighted by atomic mass is 35.5. The van der Waals surface area contributed by atoms with Crippen LogP contribution in [0.15, 0.2) is 42.5 Å². The number of halogens is 2. The molecule has 0 aliphatic rings. The summed E-state index contributed by atoms with van der Waals surface area (Å²) in [7, 11) is 0. The number of nitrogens with two attached hydrogens (primary N) is 1. The Hall–Kier alpha value is -2.51. The first kappa shape index (κ1) is 16.4. The van der Waals surface area contributed by atoms with E-state index in [-0.39, 0.29) is 12.6 Å². The molecule has 24 heavy (non-hydrogen) atoms. The Morgan fingerprint density at radius 3 is 2.58 bits per heavy atom. The van der Waals surface area contributed by atoms with E-state index >= 15 is 0 Å². The monoisotopic (exact) mass is 364 g/mol. The SMILES string of the molecule is Nc1nnnn1NCc1cccc(OCc2c(Cl)cccc2Cl)c1. The van der Waals surface area contributed by atoms with E-state index in [1.165, 1.54) is 4.79 Å². The molecular formula is C15H14Cl2N6O. The third-order valence-corrected chi connectivity index (χ3v) is 3.98. The summed E-state index contributed by atoms with van der Waals surface area (Å²) in [5.41, 5.74) is 10.3. The van der Waals surface area contributed by atoms with E-state index in [0.29, 0.717) is 22.3 Å². The quantitative estimate of drug-likeness (QED) is 0.698. The first-order chi connectivity index (χ1) is 11.6. The second kappa shape index (κ2) is 7.37. The van der Waals surface area contributed by atoms with Crippen molar-refractivity contribution in [2.45, 2.75) is 13.2 Å². The summed E-state index contributed by atoms with van der Waals surface area (Å²) in [4.78, 5) is 1.30. The van der Waals surface area contributed by atoms with Gasteiger partial charge in [0, 0.05) is 15.6 Å². The topological polar surface area (TPSA) is 90.9 Å². The normalized spacial score (nSPS) is 10.6. The molecule has 0 bridgehead atoms. The standard InChI is InChI=1S/C15H14Cl2N6O/c16-13-5-2-6-14(17)12(13)9-24-11-4-1-3-10(7-11)8-19-23-15(18)20-21-22-23/h1-7,19H,8-9H2,(H2,18,20,22). The molecule has 0 unspecified atom stereocenters. The zero-order chi connectivity index (χ0) is 16.9. The van der Waals surface area contributed by atoms with Gasteiger partial charge in [-0.1, -0.05) is 46.5 Å². The zero-order valence-electron chi connectivity index (χ0n) is 12.5. The van der Waals surface area contributed by atoms with E-state index in [9.17, 15) is 0 Å². The maximum absolute atomic E-state index is 6.14. The molecule has 124 valence electrons. The first-order valence-corrected chi connectivity index (χ1v) is 7.81. The number of anilines is 1. The molecule has 3 aromatic rings. The van der Waals surface area contributed by atoms with Crippen LogP contribution in [0.1, 0.15) is 11.1 Å². The maximum atomic E-state index is 6.14. The fourth-order valence-electron chi connectivity index (χ4n) is 2.04. The number of nitrogen functional groups attached to an aromatic ring is 1. The number of nitrogens with one attached hydrogen (secondary N) is 1. The number of ether oxygens (including phenoxy) is 1. The predicted molar refractivity (Wildman–Crippen MR) is 92.5 cm³/mol. The molecule has 9 heteroatoms. The van der Waals surface area contributed by atoms with Crippen molar-refractivity contribution >= 4 is 29.2 Å². The van der Waals surface area contributed by atoms with Crippen LogP contribution in [0.4, 0.5) is 5.95 Å². The van der Waals surface area contributed by atoms with Gasteiger partial charge >= 0.3 is 0 Å². The van der Waals surface area contributed by atoms with E-state index < -0.39 is 0 Å². The van der Waals surface area contributed by atoms with E-state index in [1.54, 1.807) is 18.2 Å². The second-order valence-electron chi connectivity index (χ2n) is 4.92. The number of aromatic nitrogens is 4. The van der Waals surface area contributed by atoms with Crippen molar-refractivity contribution in [1.82, 2.24) is 20.3 Å². The molecule has 2 aromatic carbocycles. The van der Waals surface area contributed by atoms with Crippen molar-refractivity contribution in [3.63, 3.8) is 0 Å². The fraction of sp³-hybridized carbons (Fsp3) is 0.133. The van der Waals surface area contributed by atoms with Gasteiger partial charge in [-0.05, 0) is 40.3 Å². The summed E-state index contributed by atoms with van der Waals surface area (Å²) >= 11 is 12.3. The van der Waals surface area contributed by atoms with Crippen LogP contribution >= 0.6 is 23.2 Å². The van der Waals surface area contributed by atoms with Gasteiger partial charge in [-0.15, -0.1) is 4.79 Å². The van der Waals surface area contributed by atoms with Crippen molar-refractivity contribution in [2.75, 3.05) is 11.2 Å². The summed E-state index contributed by atoms with van der Waals surface area (Å²) in [5.74, 6) is 0.894. The van der Waals surface area contributed by atoms with Gasteiger partial charge in [-0.3, -0.25) is 0 Å². The van der Waals surface area contributed by atoms with E-state index in [2.05, 4.69) is 21.0 Å². The van der Waals surface area contributed by atoms with Gasteiger partial charge in [0.2, 0.25) is 0 Å². The van der Waals surface area contributed by atoms with E-state index in [0.717, 1.165) is 11.1 Å². The molecule has 0 spiro atoms. The highest BCUT2D eigenvalue weighted by molar-refractivity contribution is 6.35. The number of benzene rings is 2. The third-order valence-electron chi connectivity index (χ3n) is 3.27. The van der Waals surface area contributed by atoms with Crippen molar-refractivity contribution in [3.05, 3.63) is 63.6 Å². The Labute approximate surface area is 148 Å². The van der Waals surface area contributed by atoms with Crippen molar-refractivity contribution in [2.24, 2.45) is 0 Å². The number of hydrogen-bond acceptors (Lipinski definition) is 6. The number of tetrazole rings is 1. The van der Waals surface area contributed by atoms with Crippen LogP contribution in [-0.4, -0.2) is 20.3 Å². The molecule has 1 aromatic heterocycles. The molecular weight excluding hydrogens is 351 g/mol. The number of nitrogens with zero attached hydrogens (tertiary/aromatic N) is 4. The largest absolute Gasteiger partial charge is 0.489 e. The summed E-state index contributed by atoms with van der Waals surface area (Å²) in [5, 5.41) is 11.9. The average molecular weight is 365 g/mol. The second-order valence-corrected chi connectivity index (χ2v) is 5.73. The lowest BCUT2D eigenvalue weighted by Gasteiger charge is -2.11. The molecule has 0 fully saturated rings. The van der Waals surface area contributed by atoms with Gasteiger partial charge in [0.1, 0.15) is 12.4 Å². The van der Waals surface area contributed by atoms with Crippen molar-refractivity contribution in [1.29, 1.82) is 0 Å². The minimum absolute atomic E-state index is 0.191. The van der Waals surface area contributed by atoms with Gasteiger partial charge in [-0.2, -0.15) is 0 Å². The van der Waals surface area contributed by atoms with E-state index in [1.807, 2.05) is 24.3 Å². The summed E-state index contributed by atoms with van der Waals surface area (Å²) in [6.07, 6.45) is 0. The van der Waals surface area contributed by atoms with E-state index in [4.69, 9.17) is 33.7 Å². The lowest BCUT2D eigenvalue weighted by Crippen LogP contribution is -2.18. The first-order valence-electron chi connectivity index (χ1n) is 7.06. The predicted octanol–water partition coefficient (Wildman–Crippen LogP) is 2.88. The van der Waals surface area contributed by atoms with Gasteiger partial charge in [0.15, 0.2) is 0 Å². The Morgan fingerprint density at radius 1 is 1.12 bits per heavy atom. The van der Waals surface area contributed by atoms with Gasteiger partial charge in [-0.25, -0.2) is 0 Å². The minimum atomic E-state index is 0.191. The Kier molecular flexibility index (Phi) is 5.02.